The number of aryl methyl sites for hydroxylation is 2. The molecule has 1 saturated heterocycles. The van der Waals surface area contributed by atoms with Crippen molar-refractivity contribution in [3.8, 4) is 18.0 Å². The summed E-state index contributed by atoms with van der Waals surface area (Å²) in [6, 6.07) is 10.3. The first-order valence-corrected chi connectivity index (χ1v) is 8.69. The number of aromatic nitrogens is 1. The van der Waals surface area contributed by atoms with Crippen LogP contribution in [0, 0.1) is 33.1 Å². The number of carbonyl (C=O) groups is 2. The van der Waals surface area contributed by atoms with Crippen molar-refractivity contribution < 1.29 is 9.59 Å². The summed E-state index contributed by atoms with van der Waals surface area (Å²) in [7, 11) is 0. The van der Waals surface area contributed by atoms with Gasteiger partial charge in [-0.15, -0.1) is 6.42 Å². The predicted molar refractivity (Wildman–Crippen MR) is 101 cm³/mol. The van der Waals surface area contributed by atoms with Gasteiger partial charge in [-0.1, -0.05) is 23.6 Å². The SMILES string of the molecule is C#CCN1C(=O)S/C(=C\c2cc(C)n(-c3ccc(C)cc3)c2C)C1=O. The zero-order valence-electron chi connectivity index (χ0n) is 14.4. The molecule has 1 aliphatic rings. The molecule has 5 heteroatoms. The van der Waals surface area contributed by atoms with E-state index in [1.54, 1.807) is 6.08 Å². The van der Waals surface area contributed by atoms with Crippen LogP contribution in [0.2, 0.25) is 0 Å². The number of rotatable bonds is 3. The zero-order valence-corrected chi connectivity index (χ0v) is 15.2. The minimum absolute atomic E-state index is 0.00436. The predicted octanol–water partition coefficient (Wildman–Crippen LogP) is 4.07. The maximum atomic E-state index is 12.3. The molecule has 1 aliphatic heterocycles. The fraction of sp³-hybridized carbons (Fsp3) is 0.200. The van der Waals surface area contributed by atoms with Crippen LogP contribution >= 0.6 is 11.8 Å². The maximum Gasteiger partial charge on any atom is 0.294 e. The van der Waals surface area contributed by atoms with Crippen molar-refractivity contribution in [1.29, 1.82) is 0 Å². The average Bonchev–Trinajstić information content (AvgIpc) is 3.00. The van der Waals surface area contributed by atoms with Gasteiger partial charge in [0.15, 0.2) is 0 Å². The second kappa shape index (κ2) is 6.66. The van der Waals surface area contributed by atoms with Gasteiger partial charge in [0, 0.05) is 17.1 Å². The van der Waals surface area contributed by atoms with E-state index >= 15 is 0 Å². The van der Waals surface area contributed by atoms with Crippen molar-refractivity contribution in [1.82, 2.24) is 9.47 Å². The fourth-order valence-corrected chi connectivity index (χ4v) is 3.72. The molecule has 1 aromatic heterocycles. The standard InChI is InChI=1S/C20H18N2O2S/c1-5-10-21-19(23)18(25-20(21)24)12-16-11-14(3)22(15(16)4)17-8-6-13(2)7-9-17/h1,6-9,11-12H,10H2,2-4H3/b18-12-. The summed E-state index contributed by atoms with van der Waals surface area (Å²) in [5.41, 5.74) is 5.28. The largest absolute Gasteiger partial charge is 0.318 e. The molecule has 2 amide bonds. The van der Waals surface area contributed by atoms with Gasteiger partial charge in [0.25, 0.3) is 11.1 Å². The average molecular weight is 350 g/mol. The molecular formula is C20H18N2O2S. The highest BCUT2D eigenvalue weighted by Gasteiger charge is 2.34. The molecule has 0 saturated carbocycles. The van der Waals surface area contributed by atoms with Crippen molar-refractivity contribution in [2.75, 3.05) is 6.54 Å². The van der Waals surface area contributed by atoms with E-state index in [-0.39, 0.29) is 17.7 Å². The number of hydrogen-bond donors (Lipinski definition) is 0. The third-order valence-corrected chi connectivity index (χ3v) is 5.08. The van der Waals surface area contributed by atoms with Crippen LogP contribution in [0.3, 0.4) is 0 Å². The Morgan fingerprint density at radius 3 is 2.48 bits per heavy atom. The van der Waals surface area contributed by atoms with Crippen LogP contribution in [0.4, 0.5) is 4.79 Å². The van der Waals surface area contributed by atoms with Gasteiger partial charge < -0.3 is 4.57 Å². The van der Waals surface area contributed by atoms with Gasteiger partial charge in [0.05, 0.1) is 11.4 Å². The van der Waals surface area contributed by atoms with Crippen LogP contribution in [-0.4, -0.2) is 27.2 Å². The lowest BCUT2D eigenvalue weighted by Crippen LogP contribution is -2.28. The number of benzene rings is 1. The number of terminal acetylenes is 1. The Bertz CT molecular complexity index is 930. The summed E-state index contributed by atoms with van der Waals surface area (Å²) >= 11 is 0.932. The van der Waals surface area contributed by atoms with Gasteiger partial charge in [0.2, 0.25) is 0 Å². The first-order chi connectivity index (χ1) is 11.9. The molecule has 4 nitrogen and oxygen atoms in total. The van der Waals surface area contributed by atoms with Crippen molar-refractivity contribution in [2.45, 2.75) is 20.8 Å². The summed E-state index contributed by atoms with van der Waals surface area (Å²) < 4.78 is 2.14. The molecule has 0 unspecified atom stereocenters. The molecule has 1 fully saturated rings. The molecule has 0 N–H and O–H groups in total. The second-order valence-electron chi connectivity index (χ2n) is 5.97. The van der Waals surface area contributed by atoms with E-state index < -0.39 is 0 Å². The second-order valence-corrected chi connectivity index (χ2v) is 6.96. The number of hydrogen-bond acceptors (Lipinski definition) is 3. The number of carbonyl (C=O) groups excluding carboxylic acids is 2. The van der Waals surface area contributed by atoms with E-state index in [1.807, 2.05) is 19.9 Å². The molecular weight excluding hydrogens is 332 g/mol. The monoisotopic (exact) mass is 350 g/mol. The highest BCUT2D eigenvalue weighted by molar-refractivity contribution is 8.18. The molecule has 126 valence electrons. The fourth-order valence-electron chi connectivity index (χ4n) is 2.89. The lowest BCUT2D eigenvalue weighted by atomic mass is 10.2. The normalized spacial score (nSPS) is 15.9. The van der Waals surface area contributed by atoms with Crippen molar-refractivity contribution in [2.24, 2.45) is 0 Å². The number of imide groups is 1. The van der Waals surface area contributed by atoms with Gasteiger partial charge in [-0.05, 0) is 62.4 Å². The first kappa shape index (κ1) is 17.1. The van der Waals surface area contributed by atoms with Crippen LogP contribution in [-0.2, 0) is 4.79 Å². The summed E-state index contributed by atoms with van der Waals surface area (Å²) in [6.45, 7) is 6.08. The van der Waals surface area contributed by atoms with E-state index in [4.69, 9.17) is 6.42 Å². The molecule has 0 atom stereocenters. The van der Waals surface area contributed by atoms with Crippen LogP contribution in [0.5, 0.6) is 0 Å². The van der Waals surface area contributed by atoms with Gasteiger partial charge in [-0.3, -0.25) is 14.5 Å². The number of amides is 2. The highest BCUT2D eigenvalue weighted by Crippen LogP contribution is 2.33. The van der Waals surface area contributed by atoms with Crippen molar-refractivity contribution in [3.63, 3.8) is 0 Å². The van der Waals surface area contributed by atoms with E-state index in [0.717, 1.165) is 39.3 Å². The van der Waals surface area contributed by atoms with Gasteiger partial charge in [-0.2, -0.15) is 0 Å². The Labute approximate surface area is 151 Å². The van der Waals surface area contributed by atoms with Crippen LogP contribution in [0.25, 0.3) is 11.8 Å². The van der Waals surface area contributed by atoms with Gasteiger partial charge in [-0.25, -0.2) is 0 Å². The smallest absolute Gasteiger partial charge is 0.294 e. The third-order valence-electron chi connectivity index (χ3n) is 4.17. The summed E-state index contributed by atoms with van der Waals surface area (Å²) in [6.07, 6.45) is 7.00. The highest BCUT2D eigenvalue weighted by atomic mass is 32.2. The molecule has 0 spiro atoms. The van der Waals surface area contributed by atoms with Crippen LogP contribution in [0.1, 0.15) is 22.5 Å². The molecule has 1 aromatic carbocycles. The maximum absolute atomic E-state index is 12.3. The van der Waals surface area contributed by atoms with E-state index in [2.05, 4.69) is 41.7 Å². The summed E-state index contributed by atoms with van der Waals surface area (Å²) in [4.78, 5) is 25.7. The zero-order chi connectivity index (χ0) is 18.1. The molecule has 3 rings (SSSR count). The molecule has 2 heterocycles. The molecule has 0 bridgehead atoms. The van der Waals surface area contributed by atoms with E-state index in [9.17, 15) is 9.59 Å². The minimum atomic E-state index is -0.326. The molecule has 0 aliphatic carbocycles. The van der Waals surface area contributed by atoms with Crippen molar-refractivity contribution >= 4 is 29.0 Å². The number of nitrogens with zero attached hydrogens (tertiary/aromatic N) is 2. The lowest BCUT2D eigenvalue weighted by molar-refractivity contribution is -0.122. The summed E-state index contributed by atoms with van der Waals surface area (Å²) in [5.74, 6) is 2.02. The minimum Gasteiger partial charge on any atom is -0.318 e. The molecule has 25 heavy (non-hydrogen) atoms. The van der Waals surface area contributed by atoms with E-state index in [0.29, 0.717) is 4.91 Å². The Kier molecular flexibility index (Phi) is 4.56. The topological polar surface area (TPSA) is 42.3 Å². The quantitative estimate of drug-likeness (QED) is 0.619. The third kappa shape index (κ3) is 3.13. The Hall–Kier alpha value is -2.71. The van der Waals surface area contributed by atoms with Crippen LogP contribution in [0.15, 0.2) is 35.2 Å². The Morgan fingerprint density at radius 1 is 1.16 bits per heavy atom. The van der Waals surface area contributed by atoms with Crippen molar-refractivity contribution in [3.05, 3.63) is 57.8 Å². The Balaban J connectivity index is 1.99. The van der Waals surface area contributed by atoms with Gasteiger partial charge in [0.1, 0.15) is 0 Å². The van der Waals surface area contributed by atoms with E-state index in [1.165, 1.54) is 5.56 Å². The summed E-state index contributed by atoms with van der Waals surface area (Å²) in [5, 5.41) is -0.318. The van der Waals surface area contributed by atoms with Gasteiger partial charge >= 0.3 is 0 Å². The number of thioether (sulfide) groups is 1. The Morgan fingerprint density at radius 2 is 1.84 bits per heavy atom. The molecule has 0 radical (unpaired) electrons. The first-order valence-electron chi connectivity index (χ1n) is 7.87. The molecule has 2 aromatic rings. The van der Waals surface area contributed by atoms with Crippen LogP contribution < -0.4 is 0 Å². The lowest BCUT2D eigenvalue weighted by Gasteiger charge is -2.10.